The van der Waals surface area contributed by atoms with Gasteiger partial charge in [0, 0.05) is 11.1 Å². The number of aromatic nitrogens is 8. The normalized spacial score (nSPS) is 12.8. The van der Waals surface area contributed by atoms with Gasteiger partial charge >= 0.3 is 16.9 Å². The summed E-state index contributed by atoms with van der Waals surface area (Å²) in [6.07, 6.45) is -9.09. The fourth-order valence-corrected chi connectivity index (χ4v) is 3.26. The van der Waals surface area contributed by atoms with Gasteiger partial charge in [0.15, 0.2) is 11.6 Å². The average Bonchev–Trinajstić information content (AvgIpc) is 3.43. The largest absolute Gasteiger partial charge is 0.416 e. The summed E-state index contributed by atoms with van der Waals surface area (Å²) in [5.41, 5.74) is -1.50. The van der Waals surface area contributed by atoms with Crippen LogP contribution in [0.1, 0.15) is 11.1 Å². The Balaban J connectivity index is 1.72. The fourth-order valence-electron chi connectivity index (χ4n) is 2.80. The van der Waals surface area contributed by atoms with Crippen molar-refractivity contribution < 1.29 is 26.3 Å². The second-order valence-corrected chi connectivity index (χ2v) is 7.74. The van der Waals surface area contributed by atoms with Gasteiger partial charge < -0.3 is 0 Å². The zero-order valence-electron chi connectivity index (χ0n) is 15.7. The van der Waals surface area contributed by atoms with Crippen molar-refractivity contribution >= 4 is 23.2 Å². The highest BCUT2D eigenvalue weighted by atomic mass is 35.5. The first-order valence-electron chi connectivity index (χ1n) is 8.70. The van der Waals surface area contributed by atoms with Crippen molar-refractivity contribution in [2.75, 3.05) is 0 Å². The molecule has 0 fully saturated rings. The molecule has 2 aromatic carbocycles. The first-order chi connectivity index (χ1) is 15.4. The SMILES string of the molecule is FC(F)(F)c1ccc(-c2nnnn2C(Cl)(Cl)n2nnnc2-c2ccc(C(F)(F)F)cc2)cc1. The molecule has 0 atom stereocenters. The molecule has 0 aliphatic carbocycles. The second kappa shape index (κ2) is 7.95. The Morgan fingerprint density at radius 1 is 0.576 bits per heavy atom. The van der Waals surface area contributed by atoms with Crippen LogP contribution >= 0.6 is 23.2 Å². The van der Waals surface area contributed by atoms with Gasteiger partial charge in [0.2, 0.25) is 0 Å². The summed E-state index contributed by atoms with van der Waals surface area (Å²) in [6.45, 7) is 0. The molecule has 0 unspecified atom stereocenters. The lowest BCUT2D eigenvalue weighted by Gasteiger charge is -2.21. The second-order valence-electron chi connectivity index (χ2n) is 6.49. The number of benzene rings is 2. The summed E-state index contributed by atoms with van der Waals surface area (Å²) in [5, 5.41) is 21.7. The molecule has 0 radical (unpaired) electrons. The topological polar surface area (TPSA) is 87.2 Å². The van der Waals surface area contributed by atoms with Crippen molar-refractivity contribution in [2.45, 2.75) is 16.9 Å². The minimum atomic E-state index is -4.55. The lowest BCUT2D eigenvalue weighted by Crippen LogP contribution is -2.33. The molecular formula is C17H8Cl2F6N8. The molecule has 2 heterocycles. The van der Waals surface area contributed by atoms with E-state index in [0.717, 1.165) is 57.9 Å². The monoisotopic (exact) mass is 508 g/mol. The van der Waals surface area contributed by atoms with Gasteiger partial charge in [0.25, 0.3) is 0 Å². The predicted molar refractivity (Wildman–Crippen MR) is 102 cm³/mol. The van der Waals surface area contributed by atoms with Crippen LogP contribution in [0.3, 0.4) is 0 Å². The Labute approximate surface area is 189 Å². The van der Waals surface area contributed by atoms with Gasteiger partial charge in [-0.3, -0.25) is 0 Å². The number of tetrazole rings is 2. The number of nitrogens with zero attached hydrogens (tertiary/aromatic N) is 8. The van der Waals surface area contributed by atoms with Crippen LogP contribution < -0.4 is 0 Å². The van der Waals surface area contributed by atoms with Crippen LogP contribution in [-0.4, -0.2) is 40.4 Å². The molecule has 4 rings (SSSR count). The lowest BCUT2D eigenvalue weighted by atomic mass is 10.1. The highest BCUT2D eigenvalue weighted by Gasteiger charge is 2.38. The van der Waals surface area contributed by atoms with E-state index < -0.39 is 28.1 Å². The molecule has 4 aromatic rings. The van der Waals surface area contributed by atoms with Crippen molar-refractivity contribution in [1.29, 1.82) is 0 Å². The molecule has 16 heteroatoms. The summed E-state index contributed by atoms with van der Waals surface area (Å²) in [6, 6.07) is 7.76. The Morgan fingerprint density at radius 2 is 0.909 bits per heavy atom. The lowest BCUT2D eigenvalue weighted by molar-refractivity contribution is -0.138. The van der Waals surface area contributed by atoms with E-state index >= 15 is 0 Å². The number of hydrogen-bond donors (Lipinski definition) is 0. The minimum absolute atomic E-state index is 0.123. The van der Waals surface area contributed by atoms with Crippen molar-refractivity contribution in [3.63, 3.8) is 0 Å². The van der Waals surface area contributed by atoms with Crippen LogP contribution in [0.5, 0.6) is 0 Å². The molecule has 0 aliphatic heterocycles. The zero-order chi connectivity index (χ0) is 24.0. The van der Waals surface area contributed by atoms with Crippen LogP contribution in [0.25, 0.3) is 22.8 Å². The first kappa shape index (κ1) is 22.9. The summed E-state index contributed by atoms with van der Waals surface area (Å²) in [4.78, 5) is 0. The highest BCUT2D eigenvalue weighted by molar-refractivity contribution is 6.45. The van der Waals surface area contributed by atoms with Gasteiger partial charge in [-0.2, -0.15) is 35.7 Å². The Kier molecular flexibility index (Phi) is 5.52. The van der Waals surface area contributed by atoms with Crippen LogP contribution in [0.15, 0.2) is 48.5 Å². The summed E-state index contributed by atoms with van der Waals surface area (Å²) < 4.78 is 76.4. The number of halogens is 8. The third kappa shape index (κ3) is 4.35. The molecule has 0 saturated carbocycles. The van der Waals surface area contributed by atoms with Gasteiger partial charge in [-0.05, 0) is 68.3 Å². The molecule has 0 bridgehead atoms. The molecule has 0 saturated heterocycles. The van der Waals surface area contributed by atoms with Crippen molar-refractivity contribution in [2.24, 2.45) is 0 Å². The molecule has 0 amide bonds. The number of rotatable bonds is 4. The van der Waals surface area contributed by atoms with E-state index in [-0.39, 0.29) is 22.8 Å². The van der Waals surface area contributed by atoms with Crippen LogP contribution in [0.4, 0.5) is 26.3 Å². The highest BCUT2D eigenvalue weighted by Crippen LogP contribution is 2.37. The van der Waals surface area contributed by atoms with E-state index in [9.17, 15) is 26.3 Å². The van der Waals surface area contributed by atoms with Gasteiger partial charge in [-0.15, -0.1) is 10.2 Å². The van der Waals surface area contributed by atoms with Crippen LogP contribution in [0, 0.1) is 0 Å². The Bertz CT molecular complexity index is 1160. The van der Waals surface area contributed by atoms with Crippen LogP contribution in [0.2, 0.25) is 0 Å². The summed E-state index contributed by atoms with van der Waals surface area (Å²) in [5.74, 6) is -0.245. The predicted octanol–water partition coefficient (Wildman–Crippen LogP) is 4.62. The Morgan fingerprint density at radius 3 is 1.21 bits per heavy atom. The molecule has 33 heavy (non-hydrogen) atoms. The number of alkyl halides is 8. The maximum atomic E-state index is 12.8. The van der Waals surface area contributed by atoms with Crippen molar-refractivity contribution in [1.82, 2.24) is 40.4 Å². The summed E-state index contributed by atoms with van der Waals surface area (Å²) in [7, 11) is 0. The molecule has 8 nitrogen and oxygen atoms in total. The van der Waals surface area contributed by atoms with Gasteiger partial charge in [0.1, 0.15) is 0 Å². The molecule has 0 spiro atoms. The smallest absolute Gasteiger partial charge is 0.169 e. The maximum absolute atomic E-state index is 12.8. The fraction of sp³-hybridized carbons (Fsp3) is 0.176. The van der Waals surface area contributed by atoms with E-state index in [0.29, 0.717) is 0 Å². The van der Waals surface area contributed by atoms with Gasteiger partial charge in [-0.1, -0.05) is 24.3 Å². The van der Waals surface area contributed by atoms with Crippen molar-refractivity contribution in [3.8, 4) is 22.8 Å². The van der Waals surface area contributed by atoms with E-state index in [1.54, 1.807) is 0 Å². The van der Waals surface area contributed by atoms with E-state index in [1.807, 2.05) is 0 Å². The average molecular weight is 509 g/mol. The van der Waals surface area contributed by atoms with E-state index in [4.69, 9.17) is 23.2 Å². The third-order valence-corrected chi connectivity index (χ3v) is 5.03. The van der Waals surface area contributed by atoms with E-state index in [2.05, 4.69) is 31.1 Å². The third-order valence-electron chi connectivity index (χ3n) is 4.39. The quantitative estimate of drug-likeness (QED) is 0.295. The molecule has 0 N–H and O–H groups in total. The molecule has 172 valence electrons. The number of hydrogen-bond acceptors (Lipinski definition) is 6. The maximum Gasteiger partial charge on any atom is 0.416 e. The minimum Gasteiger partial charge on any atom is -0.169 e. The Hall–Kier alpha value is -3.26. The van der Waals surface area contributed by atoms with Crippen LogP contribution in [-0.2, 0) is 16.9 Å². The molecule has 2 aromatic heterocycles. The van der Waals surface area contributed by atoms with Gasteiger partial charge in [-0.25, -0.2) is 0 Å². The standard InChI is InChI=1S/C17H8Cl2F6N8/c18-17(19,32-13(26-28-30-32)9-1-5-11(6-2-9)15(20,21)22)33-14(27-29-31-33)10-3-7-12(8-4-10)16(23,24)25/h1-8H. The van der Waals surface area contributed by atoms with Gasteiger partial charge in [0.05, 0.1) is 11.1 Å². The molecule has 0 aliphatic rings. The first-order valence-corrected chi connectivity index (χ1v) is 9.45. The van der Waals surface area contributed by atoms with Crippen molar-refractivity contribution in [3.05, 3.63) is 59.7 Å². The summed E-state index contributed by atoms with van der Waals surface area (Å²) >= 11 is 12.9. The zero-order valence-corrected chi connectivity index (χ0v) is 17.2. The molecular weight excluding hydrogens is 501 g/mol. The van der Waals surface area contributed by atoms with E-state index in [1.165, 1.54) is 0 Å².